The van der Waals surface area contributed by atoms with E-state index in [1.54, 1.807) is 16.8 Å². The average molecular weight is 384 g/mol. The van der Waals surface area contributed by atoms with Gasteiger partial charge < -0.3 is 11.1 Å². The number of nitrogens with one attached hydrogen (secondary N) is 1. The molecule has 2 heterocycles. The molecule has 25 heavy (non-hydrogen) atoms. The van der Waals surface area contributed by atoms with Crippen LogP contribution in [0.3, 0.4) is 0 Å². The molecule has 6 nitrogen and oxygen atoms in total. The molecule has 3 N–H and O–H groups in total. The summed E-state index contributed by atoms with van der Waals surface area (Å²) in [5.74, 6) is 0.651. The van der Waals surface area contributed by atoms with Crippen molar-refractivity contribution in [2.24, 2.45) is 11.7 Å². The number of pyridine rings is 1. The van der Waals surface area contributed by atoms with Gasteiger partial charge in [0.2, 0.25) is 0 Å². The van der Waals surface area contributed by atoms with Gasteiger partial charge in [-0.2, -0.15) is 5.10 Å². The fraction of sp³-hybridized carbons (Fsp3) is 0.471. The maximum atomic E-state index is 12.6. The lowest BCUT2D eigenvalue weighted by molar-refractivity contribution is 0.0924. The van der Waals surface area contributed by atoms with Crippen LogP contribution in [0.1, 0.15) is 41.1 Å². The Labute approximate surface area is 158 Å². The van der Waals surface area contributed by atoms with Gasteiger partial charge in [0.1, 0.15) is 5.69 Å². The molecule has 1 saturated carbocycles. The van der Waals surface area contributed by atoms with Crippen molar-refractivity contribution in [2.75, 3.05) is 6.54 Å². The zero-order valence-electron chi connectivity index (χ0n) is 14.3. The third kappa shape index (κ3) is 4.14. The maximum absolute atomic E-state index is 12.6. The standard InChI is InChI=1S/C17H22ClN5O.ClH/c1-10-8-11(2)23(22-10)15-7-6-13(18)16(21-15)17(24)20-14-5-3-4-12(14)9-19;/h6-8,12,14H,3-5,9,19H2,1-2H3,(H,20,24);1H. The molecule has 0 saturated heterocycles. The molecule has 1 aliphatic carbocycles. The van der Waals surface area contributed by atoms with E-state index in [1.807, 2.05) is 19.9 Å². The molecule has 0 bridgehead atoms. The highest BCUT2D eigenvalue weighted by Crippen LogP contribution is 2.25. The van der Waals surface area contributed by atoms with Crippen molar-refractivity contribution in [1.82, 2.24) is 20.1 Å². The highest BCUT2D eigenvalue weighted by Gasteiger charge is 2.28. The van der Waals surface area contributed by atoms with Gasteiger partial charge in [-0.15, -0.1) is 12.4 Å². The predicted octanol–water partition coefficient (Wildman–Crippen LogP) is 2.82. The first-order valence-corrected chi connectivity index (χ1v) is 8.58. The SMILES string of the molecule is Cc1cc(C)n(-c2ccc(Cl)c(C(=O)NC3CCCC3CN)n2)n1.Cl. The third-order valence-electron chi connectivity index (χ3n) is 4.55. The smallest absolute Gasteiger partial charge is 0.271 e. The Kier molecular flexibility index (Phi) is 6.43. The highest BCUT2D eigenvalue weighted by molar-refractivity contribution is 6.33. The van der Waals surface area contributed by atoms with Crippen LogP contribution in [-0.4, -0.2) is 33.3 Å². The molecular formula is C17H23Cl2N5O. The number of rotatable bonds is 4. The van der Waals surface area contributed by atoms with E-state index in [-0.39, 0.29) is 30.0 Å². The number of carbonyl (C=O) groups is 1. The first kappa shape index (κ1) is 19.7. The normalized spacial score (nSPS) is 19.5. The van der Waals surface area contributed by atoms with Gasteiger partial charge in [-0.25, -0.2) is 9.67 Å². The fourth-order valence-corrected chi connectivity index (χ4v) is 3.51. The lowest BCUT2D eigenvalue weighted by atomic mass is 10.0. The molecule has 1 fully saturated rings. The van der Waals surface area contributed by atoms with Crippen molar-refractivity contribution in [1.29, 1.82) is 0 Å². The molecule has 2 unspecified atom stereocenters. The van der Waals surface area contributed by atoms with E-state index < -0.39 is 0 Å². The highest BCUT2D eigenvalue weighted by atomic mass is 35.5. The number of hydrogen-bond donors (Lipinski definition) is 2. The van der Waals surface area contributed by atoms with Gasteiger partial charge >= 0.3 is 0 Å². The number of carbonyl (C=O) groups excluding carboxylic acids is 1. The van der Waals surface area contributed by atoms with Crippen molar-refractivity contribution in [3.8, 4) is 5.82 Å². The summed E-state index contributed by atoms with van der Waals surface area (Å²) in [6.07, 6.45) is 3.08. The van der Waals surface area contributed by atoms with E-state index in [9.17, 15) is 4.79 Å². The number of nitrogens with two attached hydrogens (primary N) is 1. The Morgan fingerprint density at radius 3 is 2.80 bits per heavy atom. The third-order valence-corrected chi connectivity index (χ3v) is 4.86. The Balaban J connectivity index is 0.00000225. The second kappa shape index (κ2) is 8.17. The van der Waals surface area contributed by atoms with E-state index in [4.69, 9.17) is 17.3 Å². The number of halogens is 2. The Morgan fingerprint density at radius 2 is 2.16 bits per heavy atom. The number of hydrogen-bond acceptors (Lipinski definition) is 4. The van der Waals surface area contributed by atoms with Crippen molar-refractivity contribution < 1.29 is 4.79 Å². The fourth-order valence-electron chi connectivity index (χ4n) is 3.32. The van der Waals surface area contributed by atoms with Crippen LogP contribution in [0.25, 0.3) is 5.82 Å². The molecule has 0 radical (unpaired) electrons. The van der Waals surface area contributed by atoms with Gasteiger partial charge in [0.15, 0.2) is 5.82 Å². The summed E-state index contributed by atoms with van der Waals surface area (Å²) in [5.41, 5.74) is 7.86. The van der Waals surface area contributed by atoms with Crippen LogP contribution in [-0.2, 0) is 0 Å². The molecule has 2 atom stereocenters. The average Bonchev–Trinajstić information content (AvgIpc) is 3.13. The number of nitrogens with zero attached hydrogens (tertiary/aromatic N) is 3. The van der Waals surface area contributed by atoms with Crippen LogP contribution in [0.4, 0.5) is 0 Å². The molecule has 3 rings (SSSR count). The lowest BCUT2D eigenvalue weighted by Gasteiger charge is -2.19. The van der Waals surface area contributed by atoms with E-state index in [0.717, 1.165) is 30.7 Å². The Hall–Kier alpha value is -1.63. The van der Waals surface area contributed by atoms with E-state index in [0.29, 0.717) is 23.3 Å². The van der Waals surface area contributed by atoms with Crippen molar-refractivity contribution in [2.45, 2.75) is 39.2 Å². The molecule has 1 amide bonds. The second-order valence-electron chi connectivity index (χ2n) is 6.35. The molecule has 0 aliphatic heterocycles. The first-order valence-electron chi connectivity index (χ1n) is 8.20. The zero-order chi connectivity index (χ0) is 17.3. The van der Waals surface area contributed by atoms with Gasteiger partial charge in [-0.3, -0.25) is 4.79 Å². The molecule has 8 heteroatoms. The second-order valence-corrected chi connectivity index (χ2v) is 6.75. The summed E-state index contributed by atoms with van der Waals surface area (Å²) in [6.45, 7) is 4.44. The largest absolute Gasteiger partial charge is 0.348 e. The van der Waals surface area contributed by atoms with Crippen LogP contribution < -0.4 is 11.1 Å². The molecule has 0 aromatic carbocycles. The predicted molar refractivity (Wildman–Crippen MR) is 101 cm³/mol. The van der Waals surface area contributed by atoms with Crippen molar-refractivity contribution in [3.63, 3.8) is 0 Å². The molecule has 0 spiro atoms. The monoisotopic (exact) mass is 383 g/mol. The van der Waals surface area contributed by atoms with Gasteiger partial charge in [-0.1, -0.05) is 18.0 Å². The minimum Gasteiger partial charge on any atom is -0.348 e. The molecular weight excluding hydrogens is 361 g/mol. The lowest BCUT2D eigenvalue weighted by Crippen LogP contribution is -2.40. The Bertz CT molecular complexity index is 761. The Morgan fingerprint density at radius 1 is 1.40 bits per heavy atom. The molecule has 136 valence electrons. The maximum Gasteiger partial charge on any atom is 0.271 e. The summed E-state index contributed by atoms with van der Waals surface area (Å²) < 4.78 is 1.71. The summed E-state index contributed by atoms with van der Waals surface area (Å²) in [4.78, 5) is 17.1. The summed E-state index contributed by atoms with van der Waals surface area (Å²) in [6, 6.07) is 5.50. The van der Waals surface area contributed by atoms with Crippen molar-refractivity contribution >= 4 is 29.9 Å². The van der Waals surface area contributed by atoms with Gasteiger partial charge in [-0.05, 0) is 57.4 Å². The minimum atomic E-state index is -0.256. The molecule has 2 aromatic heterocycles. The van der Waals surface area contributed by atoms with Crippen LogP contribution >= 0.6 is 24.0 Å². The van der Waals surface area contributed by atoms with E-state index in [1.165, 1.54) is 0 Å². The van der Waals surface area contributed by atoms with E-state index >= 15 is 0 Å². The number of amides is 1. The number of aromatic nitrogens is 3. The summed E-state index contributed by atoms with van der Waals surface area (Å²) in [5, 5.41) is 7.78. The first-order chi connectivity index (χ1) is 11.5. The topological polar surface area (TPSA) is 85.8 Å². The van der Waals surface area contributed by atoms with Crippen LogP contribution in [0.2, 0.25) is 5.02 Å². The zero-order valence-corrected chi connectivity index (χ0v) is 15.9. The van der Waals surface area contributed by atoms with Crippen LogP contribution in [0.5, 0.6) is 0 Å². The van der Waals surface area contributed by atoms with Gasteiger partial charge in [0, 0.05) is 11.7 Å². The van der Waals surface area contributed by atoms with E-state index in [2.05, 4.69) is 15.4 Å². The molecule has 2 aromatic rings. The number of aryl methyl sites for hydroxylation is 2. The van der Waals surface area contributed by atoms with Gasteiger partial charge in [0.25, 0.3) is 5.91 Å². The summed E-state index contributed by atoms with van der Waals surface area (Å²) in [7, 11) is 0. The van der Waals surface area contributed by atoms with Crippen molar-refractivity contribution in [3.05, 3.63) is 40.3 Å². The van der Waals surface area contributed by atoms with Crippen LogP contribution in [0.15, 0.2) is 18.2 Å². The molecule has 1 aliphatic rings. The van der Waals surface area contributed by atoms with Crippen LogP contribution in [0, 0.1) is 19.8 Å². The van der Waals surface area contributed by atoms with Gasteiger partial charge in [0.05, 0.1) is 10.7 Å². The minimum absolute atomic E-state index is 0. The quantitative estimate of drug-likeness (QED) is 0.849. The summed E-state index contributed by atoms with van der Waals surface area (Å²) >= 11 is 6.20.